The van der Waals surface area contributed by atoms with Crippen molar-refractivity contribution in [3.05, 3.63) is 70.9 Å². The van der Waals surface area contributed by atoms with E-state index in [9.17, 15) is 24.0 Å². The van der Waals surface area contributed by atoms with E-state index in [4.69, 9.17) is 9.84 Å². The highest BCUT2D eigenvalue weighted by atomic mass is 16.6. The SMILES string of the molecule is COC(=O)N[C@@H](CC/C=C/C(=O)NCCO)C(=O)Nc1cccn(Cc2nc3ccccc3n2C(=O)OC(C)(C)C)c1=O. The molecule has 230 valence electrons. The van der Waals surface area contributed by atoms with Crippen molar-refractivity contribution in [2.45, 2.75) is 51.8 Å². The number of aliphatic hydroxyl groups is 1. The highest BCUT2D eigenvalue weighted by Crippen LogP contribution is 2.19. The third kappa shape index (κ3) is 9.26. The van der Waals surface area contributed by atoms with E-state index in [1.807, 2.05) is 0 Å². The number of pyridine rings is 1. The summed E-state index contributed by atoms with van der Waals surface area (Å²) in [6, 6.07) is 8.87. The highest BCUT2D eigenvalue weighted by Gasteiger charge is 2.25. The number of alkyl carbamates (subject to hydrolysis) is 1. The van der Waals surface area contributed by atoms with Gasteiger partial charge in [0.05, 0.1) is 31.3 Å². The molecule has 2 aromatic heterocycles. The molecule has 14 nitrogen and oxygen atoms in total. The number of hydrogen-bond donors (Lipinski definition) is 4. The molecule has 0 aliphatic rings. The quantitative estimate of drug-likeness (QED) is 0.241. The van der Waals surface area contributed by atoms with Crippen molar-refractivity contribution in [1.29, 1.82) is 0 Å². The smallest absolute Gasteiger partial charge is 0.420 e. The first-order valence-electron chi connectivity index (χ1n) is 13.5. The van der Waals surface area contributed by atoms with Crippen molar-refractivity contribution in [3.8, 4) is 0 Å². The minimum Gasteiger partial charge on any atom is -0.453 e. The fourth-order valence-electron chi connectivity index (χ4n) is 3.98. The van der Waals surface area contributed by atoms with E-state index >= 15 is 0 Å². The van der Waals surface area contributed by atoms with Crippen LogP contribution in [0, 0.1) is 0 Å². The molecule has 0 fully saturated rings. The molecule has 1 aromatic carbocycles. The number of nitrogens with one attached hydrogen (secondary N) is 3. The van der Waals surface area contributed by atoms with Crippen LogP contribution in [-0.4, -0.2) is 75.1 Å². The van der Waals surface area contributed by atoms with E-state index < -0.39 is 41.2 Å². The standard InChI is InChI=1S/C29H36N6O8/c1-29(2,3)43-28(41)35-22-13-7-5-10-19(22)31-23(35)18-34-16-9-12-21(26(34)39)32-25(38)20(33-27(40)42-4)11-6-8-14-24(37)30-15-17-36/h5,7-10,12-14,16,20,36H,6,11,15,17-18H2,1-4H3,(H,30,37)(H,32,38)(H,33,40)/b14-8+/t20-/m0/s1. The van der Waals surface area contributed by atoms with E-state index in [1.165, 1.54) is 33.5 Å². The van der Waals surface area contributed by atoms with Crippen molar-refractivity contribution in [1.82, 2.24) is 24.8 Å². The molecule has 4 N–H and O–H groups in total. The van der Waals surface area contributed by atoms with Gasteiger partial charge in [0, 0.05) is 12.7 Å². The number of amides is 3. The zero-order valence-electron chi connectivity index (χ0n) is 24.5. The lowest BCUT2D eigenvalue weighted by molar-refractivity contribution is -0.118. The van der Waals surface area contributed by atoms with Crippen LogP contribution in [0.2, 0.25) is 0 Å². The predicted molar refractivity (Wildman–Crippen MR) is 158 cm³/mol. The average Bonchev–Trinajstić information content (AvgIpc) is 3.32. The fourth-order valence-corrected chi connectivity index (χ4v) is 3.98. The zero-order chi connectivity index (χ0) is 31.6. The number of ether oxygens (including phenoxy) is 2. The summed E-state index contributed by atoms with van der Waals surface area (Å²) >= 11 is 0. The molecule has 3 amide bonds. The maximum atomic E-state index is 13.4. The van der Waals surface area contributed by atoms with Crippen LogP contribution < -0.4 is 21.5 Å². The summed E-state index contributed by atoms with van der Waals surface area (Å²) in [5, 5.41) is 16.2. The Hall–Kier alpha value is -4.98. The third-order valence-electron chi connectivity index (χ3n) is 5.89. The number of benzene rings is 1. The van der Waals surface area contributed by atoms with Gasteiger partial charge in [0.2, 0.25) is 11.8 Å². The topological polar surface area (TPSA) is 183 Å². The first-order valence-corrected chi connectivity index (χ1v) is 13.5. The van der Waals surface area contributed by atoms with Crippen LogP contribution >= 0.6 is 0 Å². The van der Waals surface area contributed by atoms with Crippen molar-refractivity contribution in [2.75, 3.05) is 25.6 Å². The first kappa shape index (κ1) is 32.5. The largest absolute Gasteiger partial charge is 0.453 e. The van der Waals surface area contributed by atoms with E-state index in [2.05, 4.69) is 25.7 Å². The Morgan fingerprint density at radius 1 is 1.12 bits per heavy atom. The van der Waals surface area contributed by atoms with Crippen LogP contribution in [0.5, 0.6) is 0 Å². The van der Waals surface area contributed by atoms with Crippen LogP contribution in [0.1, 0.15) is 39.4 Å². The lowest BCUT2D eigenvalue weighted by Gasteiger charge is -2.20. The molecule has 3 aromatic rings. The molecule has 0 saturated heterocycles. The molecule has 43 heavy (non-hydrogen) atoms. The number of rotatable bonds is 11. The maximum Gasteiger partial charge on any atom is 0.420 e. The molecular formula is C29H36N6O8. The lowest BCUT2D eigenvalue weighted by atomic mass is 10.1. The van der Waals surface area contributed by atoms with Gasteiger partial charge in [-0.2, -0.15) is 0 Å². The highest BCUT2D eigenvalue weighted by molar-refractivity contribution is 5.96. The number of anilines is 1. The minimum atomic E-state index is -1.10. The van der Waals surface area contributed by atoms with Crippen molar-refractivity contribution in [2.24, 2.45) is 0 Å². The second-order valence-electron chi connectivity index (χ2n) is 10.4. The number of aliphatic hydroxyl groups excluding tert-OH is 1. The summed E-state index contributed by atoms with van der Waals surface area (Å²) in [7, 11) is 1.15. The monoisotopic (exact) mass is 596 g/mol. The van der Waals surface area contributed by atoms with Gasteiger partial charge in [-0.05, 0) is 64.0 Å². The number of hydrogen-bond acceptors (Lipinski definition) is 9. The Kier molecular flexibility index (Phi) is 11.2. The molecule has 0 aliphatic carbocycles. The second kappa shape index (κ2) is 14.8. The fraction of sp³-hybridized carbons (Fsp3) is 0.379. The Labute approximate surface area is 247 Å². The number of allylic oxidation sites excluding steroid dienone is 1. The van der Waals surface area contributed by atoms with Crippen molar-refractivity contribution in [3.63, 3.8) is 0 Å². The van der Waals surface area contributed by atoms with Gasteiger partial charge >= 0.3 is 12.2 Å². The van der Waals surface area contributed by atoms with Crippen LogP contribution in [0.25, 0.3) is 11.0 Å². The number of nitrogens with zero attached hydrogens (tertiary/aromatic N) is 3. The van der Waals surface area contributed by atoms with E-state index in [1.54, 1.807) is 51.1 Å². The number of imidazole rings is 1. The van der Waals surface area contributed by atoms with Gasteiger partial charge in [-0.25, -0.2) is 19.1 Å². The summed E-state index contributed by atoms with van der Waals surface area (Å²) in [6.07, 6.45) is 3.08. The zero-order valence-corrected chi connectivity index (χ0v) is 24.5. The van der Waals surface area contributed by atoms with E-state index in [0.29, 0.717) is 11.0 Å². The summed E-state index contributed by atoms with van der Waals surface area (Å²) in [4.78, 5) is 67.7. The Morgan fingerprint density at radius 3 is 2.56 bits per heavy atom. The Balaban J connectivity index is 1.82. The Morgan fingerprint density at radius 2 is 1.86 bits per heavy atom. The normalized spacial score (nSPS) is 12.1. The third-order valence-corrected chi connectivity index (χ3v) is 5.89. The van der Waals surface area contributed by atoms with Crippen LogP contribution in [0.4, 0.5) is 15.3 Å². The predicted octanol–water partition coefficient (Wildman–Crippen LogP) is 2.14. The van der Waals surface area contributed by atoms with Crippen molar-refractivity contribution >= 4 is 40.7 Å². The van der Waals surface area contributed by atoms with Gasteiger partial charge < -0.3 is 35.1 Å². The number of carbonyl (C=O) groups is 4. The molecule has 1 atom stereocenters. The Bertz CT molecular complexity index is 1550. The average molecular weight is 597 g/mol. The summed E-state index contributed by atoms with van der Waals surface area (Å²) < 4.78 is 12.8. The molecule has 0 unspecified atom stereocenters. The van der Waals surface area contributed by atoms with E-state index in [-0.39, 0.29) is 44.0 Å². The number of methoxy groups -OCH3 is 1. The molecule has 0 bridgehead atoms. The van der Waals surface area contributed by atoms with Gasteiger partial charge in [-0.1, -0.05) is 18.2 Å². The molecule has 0 radical (unpaired) electrons. The van der Waals surface area contributed by atoms with Gasteiger partial charge in [0.1, 0.15) is 23.2 Å². The van der Waals surface area contributed by atoms with Gasteiger partial charge in [-0.3, -0.25) is 14.4 Å². The van der Waals surface area contributed by atoms with E-state index in [0.717, 1.165) is 7.11 Å². The number of aromatic nitrogens is 3. The van der Waals surface area contributed by atoms with Crippen LogP contribution in [0.3, 0.4) is 0 Å². The minimum absolute atomic E-state index is 0.0666. The molecular weight excluding hydrogens is 560 g/mol. The van der Waals surface area contributed by atoms with Gasteiger partial charge in [0.25, 0.3) is 5.56 Å². The van der Waals surface area contributed by atoms with Crippen LogP contribution in [-0.2, 0) is 25.6 Å². The number of fused-ring (bicyclic) bond motifs is 1. The first-order chi connectivity index (χ1) is 20.4. The molecule has 3 rings (SSSR count). The number of carbonyl (C=O) groups excluding carboxylic acids is 4. The second-order valence-corrected chi connectivity index (χ2v) is 10.4. The molecule has 2 heterocycles. The molecule has 0 saturated carbocycles. The summed E-state index contributed by atoms with van der Waals surface area (Å²) in [5.41, 5.74) is -0.352. The van der Waals surface area contributed by atoms with Gasteiger partial charge in [0.15, 0.2) is 0 Å². The molecule has 14 heteroatoms. The van der Waals surface area contributed by atoms with Crippen molar-refractivity contribution < 1.29 is 33.8 Å². The molecule has 0 aliphatic heterocycles. The number of para-hydroxylation sites is 2. The molecule has 0 spiro atoms. The lowest BCUT2D eigenvalue weighted by Crippen LogP contribution is -2.44. The summed E-state index contributed by atoms with van der Waals surface area (Å²) in [5.74, 6) is -0.846. The maximum absolute atomic E-state index is 13.4. The van der Waals surface area contributed by atoms with Gasteiger partial charge in [-0.15, -0.1) is 0 Å². The van der Waals surface area contributed by atoms with Crippen LogP contribution in [0.15, 0.2) is 59.5 Å². The summed E-state index contributed by atoms with van der Waals surface area (Å²) in [6.45, 7) is 5.03.